The van der Waals surface area contributed by atoms with Crippen molar-refractivity contribution in [2.24, 2.45) is 5.41 Å². The normalized spacial score (nSPS) is 14.2. The summed E-state index contributed by atoms with van der Waals surface area (Å²) < 4.78 is 0. The van der Waals surface area contributed by atoms with Crippen molar-refractivity contribution in [2.45, 2.75) is 85.3 Å². The average molecular weight is 384 g/mol. The van der Waals surface area contributed by atoms with Crippen molar-refractivity contribution >= 4 is 28.3 Å². The van der Waals surface area contributed by atoms with Crippen LogP contribution in [0.1, 0.15) is 78.0 Å². The number of rotatable bonds is 9. The molecule has 2 atom stereocenters. The Hall–Kier alpha value is -1.47. The van der Waals surface area contributed by atoms with Gasteiger partial charge in [0.25, 0.3) is 0 Å². The first-order chi connectivity index (χ1) is 12.1. The van der Waals surface area contributed by atoms with Crippen molar-refractivity contribution in [1.82, 2.24) is 10.3 Å². The number of hydrogen-bond acceptors (Lipinski definition) is 5. The molecule has 1 aromatic heterocycles. The molecular weight excluding hydrogens is 350 g/mol. The lowest BCUT2D eigenvalue weighted by Gasteiger charge is -2.26. The second-order valence-electron chi connectivity index (χ2n) is 7.83. The van der Waals surface area contributed by atoms with Crippen LogP contribution in [0.4, 0.5) is 5.13 Å². The summed E-state index contributed by atoms with van der Waals surface area (Å²) in [4.78, 5) is 29.8. The Balaban J connectivity index is 2.66. The molecule has 1 heterocycles. The predicted octanol–water partition coefficient (Wildman–Crippen LogP) is 3.68. The maximum Gasteiger partial charge on any atom is 0.250 e. The van der Waals surface area contributed by atoms with Crippen LogP contribution in [0.2, 0.25) is 0 Å². The van der Waals surface area contributed by atoms with Crippen LogP contribution in [0.5, 0.6) is 0 Å². The lowest BCUT2D eigenvalue weighted by atomic mass is 9.88. The molecule has 0 aliphatic heterocycles. The van der Waals surface area contributed by atoms with E-state index in [1.807, 2.05) is 6.20 Å². The lowest BCUT2D eigenvalue weighted by molar-refractivity contribution is -0.137. The average Bonchev–Trinajstić information content (AvgIpc) is 3.01. The largest absolute Gasteiger partial charge is 0.383 e. The third kappa shape index (κ3) is 6.68. The van der Waals surface area contributed by atoms with Gasteiger partial charge in [0.2, 0.25) is 11.8 Å². The van der Waals surface area contributed by atoms with Gasteiger partial charge >= 0.3 is 0 Å². The van der Waals surface area contributed by atoms with E-state index in [1.165, 1.54) is 16.2 Å². The molecule has 0 radical (unpaired) electrons. The van der Waals surface area contributed by atoms with Crippen LogP contribution in [0, 0.1) is 5.41 Å². The van der Waals surface area contributed by atoms with Crippen molar-refractivity contribution in [3.63, 3.8) is 0 Å². The fourth-order valence-electron chi connectivity index (χ4n) is 2.62. The molecule has 26 heavy (non-hydrogen) atoms. The molecule has 3 N–H and O–H groups in total. The van der Waals surface area contributed by atoms with E-state index in [-0.39, 0.29) is 5.91 Å². The van der Waals surface area contributed by atoms with E-state index in [1.54, 1.807) is 27.7 Å². The highest BCUT2D eigenvalue weighted by atomic mass is 32.1. The van der Waals surface area contributed by atoms with Gasteiger partial charge in [-0.3, -0.25) is 9.59 Å². The first kappa shape index (κ1) is 22.6. The molecule has 7 heteroatoms. The van der Waals surface area contributed by atoms with Crippen molar-refractivity contribution in [1.29, 1.82) is 0 Å². The quantitative estimate of drug-likeness (QED) is 0.607. The number of nitrogens with one attached hydrogen (secondary N) is 2. The van der Waals surface area contributed by atoms with Crippen LogP contribution in [-0.2, 0) is 9.59 Å². The Bertz CT molecular complexity index is 589. The van der Waals surface area contributed by atoms with Gasteiger partial charge in [-0.25, -0.2) is 4.98 Å². The molecule has 0 saturated heterocycles. The maximum atomic E-state index is 12.3. The summed E-state index contributed by atoms with van der Waals surface area (Å²) >= 11 is 1.49. The highest BCUT2D eigenvalue weighted by Gasteiger charge is 2.30. The van der Waals surface area contributed by atoms with E-state index in [4.69, 9.17) is 0 Å². The van der Waals surface area contributed by atoms with E-state index >= 15 is 0 Å². The summed E-state index contributed by atoms with van der Waals surface area (Å²) in [6, 6.07) is -0.756. The zero-order valence-electron chi connectivity index (χ0n) is 16.8. The smallest absolute Gasteiger partial charge is 0.250 e. The molecule has 1 rings (SSSR count). The SMILES string of the molecule is CCCC(CCC)c1cnc(NC(=O)[C@H](C)NC(=O)[C@@H](O)C(C)(C)C)s1. The summed E-state index contributed by atoms with van der Waals surface area (Å²) in [7, 11) is 0. The van der Waals surface area contributed by atoms with Crippen molar-refractivity contribution < 1.29 is 14.7 Å². The van der Waals surface area contributed by atoms with E-state index in [2.05, 4.69) is 29.5 Å². The minimum absolute atomic E-state index is 0.345. The number of aliphatic hydroxyl groups excluding tert-OH is 1. The highest BCUT2D eigenvalue weighted by molar-refractivity contribution is 7.15. The number of thiazole rings is 1. The van der Waals surface area contributed by atoms with Gasteiger partial charge in [-0.1, -0.05) is 47.5 Å². The monoisotopic (exact) mass is 383 g/mol. The van der Waals surface area contributed by atoms with Gasteiger partial charge in [-0.05, 0) is 31.1 Å². The standard InChI is InChI=1S/C19H33N3O3S/c1-7-9-13(10-8-2)14-11-20-18(26-14)22-16(24)12(3)21-17(25)15(23)19(4,5)6/h11-13,15,23H,7-10H2,1-6H3,(H,21,25)(H,20,22,24)/t12-,15+/m0/s1. The Kier molecular flexibility index (Phi) is 8.70. The van der Waals surface area contributed by atoms with Crippen molar-refractivity contribution in [2.75, 3.05) is 5.32 Å². The lowest BCUT2D eigenvalue weighted by Crippen LogP contribution is -2.49. The number of nitrogens with zero attached hydrogens (tertiary/aromatic N) is 1. The summed E-state index contributed by atoms with van der Waals surface area (Å²) in [5.41, 5.74) is -0.585. The fourth-order valence-corrected chi connectivity index (χ4v) is 3.61. The number of aromatic nitrogens is 1. The van der Waals surface area contributed by atoms with Gasteiger partial charge in [0, 0.05) is 11.1 Å². The number of aliphatic hydroxyl groups is 1. The van der Waals surface area contributed by atoms with Gasteiger partial charge in [-0.15, -0.1) is 11.3 Å². The third-order valence-corrected chi connectivity index (χ3v) is 5.33. The Morgan fingerprint density at radius 3 is 2.27 bits per heavy atom. The molecule has 148 valence electrons. The number of anilines is 1. The van der Waals surface area contributed by atoms with Crippen LogP contribution < -0.4 is 10.6 Å². The van der Waals surface area contributed by atoms with Crippen LogP contribution in [-0.4, -0.2) is 34.1 Å². The molecule has 6 nitrogen and oxygen atoms in total. The molecule has 0 unspecified atom stereocenters. The minimum atomic E-state index is -1.17. The molecule has 0 aliphatic carbocycles. The third-order valence-electron chi connectivity index (χ3n) is 4.25. The molecule has 0 aliphatic rings. The van der Waals surface area contributed by atoms with Gasteiger partial charge in [0.05, 0.1) is 0 Å². The first-order valence-electron chi connectivity index (χ1n) is 9.35. The number of amides is 2. The molecule has 0 saturated carbocycles. The van der Waals surface area contributed by atoms with Crippen molar-refractivity contribution in [3.05, 3.63) is 11.1 Å². The topological polar surface area (TPSA) is 91.3 Å². The summed E-state index contributed by atoms with van der Waals surface area (Å²) in [5, 5.41) is 15.8. The molecule has 0 aromatic carbocycles. The number of carbonyl (C=O) groups is 2. The van der Waals surface area contributed by atoms with Gasteiger partial charge in [0.1, 0.15) is 12.1 Å². The maximum absolute atomic E-state index is 12.3. The second kappa shape index (κ2) is 10.0. The van der Waals surface area contributed by atoms with E-state index < -0.39 is 23.5 Å². The van der Waals surface area contributed by atoms with Crippen LogP contribution >= 0.6 is 11.3 Å². The van der Waals surface area contributed by atoms with E-state index in [9.17, 15) is 14.7 Å². The fraction of sp³-hybridized carbons (Fsp3) is 0.737. The summed E-state index contributed by atoms with van der Waals surface area (Å²) in [6.07, 6.45) is 5.12. The highest BCUT2D eigenvalue weighted by Crippen LogP contribution is 2.32. The molecular formula is C19H33N3O3S. The molecule has 2 amide bonds. The first-order valence-corrected chi connectivity index (χ1v) is 10.2. The Morgan fingerprint density at radius 1 is 1.19 bits per heavy atom. The van der Waals surface area contributed by atoms with E-state index in [0.29, 0.717) is 11.0 Å². The second-order valence-corrected chi connectivity index (χ2v) is 8.89. The zero-order chi connectivity index (χ0) is 19.9. The van der Waals surface area contributed by atoms with Gasteiger partial charge in [-0.2, -0.15) is 0 Å². The molecule has 0 fully saturated rings. The zero-order valence-corrected chi connectivity index (χ0v) is 17.6. The van der Waals surface area contributed by atoms with Crippen LogP contribution in [0.25, 0.3) is 0 Å². The van der Waals surface area contributed by atoms with Crippen molar-refractivity contribution in [3.8, 4) is 0 Å². The van der Waals surface area contributed by atoms with Gasteiger partial charge in [0.15, 0.2) is 5.13 Å². The molecule has 1 aromatic rings. The summed E-state index contributed by atoms with van der Waals surface area (Å²) in [5.74, 6) is -0.416. The number of hydrogen-bond donors (Lipinski definition) is 3. The van der Waals surface area contributed by atoms with Crippen LogP contribution in [0.3, 0.4) is 0 Å². The Morgan fingerprint density at radius 2 is 1.77 bits per heavy atom. The minimum Gasteiger partial charge on any atom is -0.383 e. The van der Waals surface area contributed by atoms with Crippen LogP contribution in [0.15, 0.2) is 6.20 Å². The summed E-state index contributed by atoms with van der Waals surface area (Å²) in [6.45, 7) is 11.2. The number of carbonyl (C=O) groups excluding carboxylic acids is 2. The molecule has 0 bridgehead atoms. The predicted molar refractivity (Wildman–Crippen MR) is 106 cm³/mol. The Labute approximate surface area is 160 Å². The van der Waals surface area contributed by atoms with Gasteiger partial charge < -0.3 is 15.7 Å². The van der Waals surface area contributed by atoms with E-state index in [0.717, 1.165) is 25.7 Å². The molecule has 0 spiro atoms.